The first-order valence-corrected chi connectivity index (χ1v) is 5.93. The Morgan fingerprint density at radius 2 is 2.13 bits per heavy atom. The highest BCUT2D eigenvalue weighted by Gasteiger charge is 2.03. The van der Waals surface area contributed by atoms with E-state index < -0.39 is 0 Å². The van der Waals surface area contributed by atoms with Crippen LogP contribution in [0.5, 0.6) is 0 Å². The Bertz CT molecular complexity index is 459. The number of hydrogen-bond donors (Lipinski definition) is 0. The molecule has 0 N–H and O–H groups in total. The molecule has 15 heavy (non-hydrogen) atoms. The normalized spacial score (nSPS) is 10.3. The summed E-state index contributed by atoms with van der Waals surface area (Å²) in [6.07, 6.45) is 3.50. The van der Waals surface area contributed by atoms with Gasteiger partial charge in [0.1, 0.15) is 5.15 Å². The van der Waals surface area contributed by atoms with Crippen LogP contribution in [0, 0.1) is 0 Å². The van der Waals surface area contributed by atoms with Gasteiger partial charge in [0, 0.05) is 28.9 Å². The lowest BCUT2D eigenvalue weighted by molar-refractivity contribution is 1.24. The van der Waals surface area contributed by atoms with Crippen molar-refractivity contribution in [3.8, 4) is 11.3 Å². The van der Waals surface area contributed by atoms with Crippen molar-refractivity contribution in [2.24, 2.45) is 0 Å². The second-order valence-corrected chi connectivity index (χ2v) is 3.94. The topological polar surface area (TPSA) is 25.8 Å². The Morgan fingerprint density at radius 3 is 2.73 bits per heavy atom. The van der Waals surface area contributed by atoms with Crippen molar-refractivity contribution in [2.45, 2.75) is 5.33 Å². The van der Waals surface area contributed by atoms with Crippen LogP contribution in [0.4, 0.5) is 0 Å². The van der Waals surface area contributed by atoms with E-state index in [4.69, 9.17) is 11.6 Å². The zero-order chi connectivity index (χ0) is 10.7. The molecule has 0 saturated heterocycles. The van der Waals surface area contributed by atoms with Gasteiger partial charge < -0.3 is 0 Å². The zero-order valence-electron chi connectivity index (χ0n) is 7.82. The van der Waals surface area contributed by atoms with E-state index in [1.165, 1.54) is 0 Å². The summed E-state index contributed by atoms with van der Waals surface area (Å²) in [5.74, 6) is 0. The Labute approximate surface area is 101 Å². The summed E-state index contributed by atoms with van der Waals surface area (Å²) in [5.41, 5.74) is 2.81. The van der Waals surface area contributed by atoms with Crippen molar-refractivity contribution in [1.29, 1.82) is 0 Å². The van der Waals surface area contributed by atoms with Gasteiger partial charge in [0.05, 0.1) is 5.69 Å². The molecule has 0 amide bonds. The lowest BCUT2D eigenvalue weighted by Crippen LogP contribution is -1.88. The molecule has 0 atom stereocenters. The molecule has 76 valence electrons. The number of alkyl halides is 1. The zero-order valence-corrected chi connectivity index (χ0v) is 10.2. The summed E-state index contributed by atoms with van der Waals surface area (Å²) in [5, 5.41) is 1.25. The standard InChI is InChI=1S/C11H8BrClN2/c12-6-8-3-4-10(15-11(8)13)9-2-1-5-14-7-9/h1-5,7H,6H2. The fourth-order valence-electron chi connectivity index (χ4n) is 1.24. The maximum absolute atomic E-state index is 6.02. The third-order valence-electron chi connectivity index (χ3n) is 2.03. The summed E-state index contributed by atoms with van der Waals surface area (Å²) in [6.45, 7) is 0. The molecule has 0 aliphatic rings. The highest BCUT2D eigenvalue weighted by molar-refractivity contribution is 9.08. The minimum Gasteiger partial charge on any atom is -0.264 e. The smallest absolute Gasteiger partial charge is 0.133 e. The highest BCUT2D eigenvalue weighted by Crippen LogP contribution is 2.22. The average molecular weight is 284 g/mol. The number of aromatic nitrogens is 2. The molecule has 2 heterocycles. The fraction of sp³-hybridized carbons (Fsp3) is 0.0909. The number of nitrogens with zero attached hydrogens (tertiary/aromatic N) is 2. The first-order valence-electron chi connectivity index (χ1n) is 4.43. The van der Waals surface area contributed by atoms with Gasteiger partial charge in [-0.05, 0) is 18.2 Å². The van der Waals surface area contributed by atoms with Crippen molar-refractivity contribution in [2.75, 3.05) is 0 Å². The summed E-state index contributed by atoms with van der Waals surface area (Å²) in [6, 6.07) is 7.74. The predicted molar refractivity (Wildman–Crippen MR) is 65.1 cm³/mol. The van der Waals surface area contributed by atoms with Crippen LogP contribution >= 0.6 is 27.5 Å². The number of halogens is 2. The number of rotatable bonds is 2. The van der Waals surface area contributed by atoms with Gasteiger partial charge in [-0.1, -0.05) is 33.6 Å². The quantitative estimate of drug-likeness (QED) is 0.620. The second kappa shape index (κ2) is 4.73. The Hall–Kier alpha value is -0.930. The first-order chi connectivity index (χ1) is 7.31. The molecule has 2 aromatic rings. The summed E-state index contributed by atoms with van der Waals surface area (Å²) < 4.78 is 0. The molecule has 0 saturated carbocycles. The molecule has 2 rings (SSSR count). The third-order valence-corrected chi connectivity index (χ3v) is 2.96. The molecule has 0 radical (unpaired) electrons. The Kier molecular flexibility index (Phi) is 3.34. The van der Waals surface area contributed by atoms with Crippen LogP contribution in [0.25, 0.3) is 11.3 Å². The largest absolute Gasteiger partial charge is 0.264 e. The molecule has 0 unspecified atom stereocenters. The summed E-state index contributed by atoms with van der Waals surface area (Å²) in [4.78, 5) is 8.35. The Morgan fingerprint density at radius 1 is 1.27 bits per heavy atom. The van der Waals surface area contributed by atoms with E-state index in [1.54, 1.807) is 12.4 Å². The van der Waals surface area contributed by atoms with E-state index in [-0.39, 0.29) is 0 Å². The molecule has 0 aliphatic heterocycles. The molecule has 0 aromatic carbocycles. The second-order valence-electron chi connectivity index (χ2n) is 3.02. The van der Waals surface area contributed by atoms with Gasteiger partial charge in [0.2, 0.25) is 0 Å². The minimum absolute atomic E-state index is 0.535. The van der Waals surface area contributed by atoms with Gasteiger partial charge in [0.25, 0.3) is 0 Å². The van der Waals surface area contributed by atoms with Crippen LogP contribution in [0.3, 0.4) is 0 Å². The lowest BCUT2D eigenvalue weighted by Gasteiger charge is -2.03. The van der Waals surface area contributed by atoms with Crippen LogP contribution in [0.2, 0.25) is 5.15 Å². The van der Waals surface area contributed by atoms with Gasteiger partial charge in [0.15, 0.2) is 0 Å². The van der Waals surface area contributed by atoms with Gasteiger partial charge >= 0.3 is 0 Å². The summed E-state index contributed by atoms with van der Waals surface area (Å²) >= 11 is 9.37. The molecular weight excluding hydrogens is 275 g/mol. The fourth-order valence-corrected chi connectivity index (χ4v) is 2.07. The van der Waals surface area contributed by atoms with E-state index in [2.05, 4.69) is 25.9 Å². The van der Waals surface area contributed by atoms with Crippen molar-refractivity contribution in [1.82, 2.24) is 9.97 Å². The van der Waals surface area contributed by atoms with Crippen molar-refractivity contribution in [3.63, 3.8) is 0 Å². The lowest BCUT2D eigenvalue weighted by atomic mass is 10.2. The van der Waals surface area contributed by atoms with E-state index >= 15 is 0 Å². The van der Waals surface area contributed by atoms with Crippen molar-refractivity contribution >= 4 is 27.5 Å². The number of hydrogen-bond acceptors (Lipinski definition) is 2. The van der Waals surface area contributed by atoms with E-state index in [0.29, 0.717) is 10.5 Å². The third kappa shape index (κ3) is 2.36. The molecule has 2 nitrogen and oxygen atoms in total. The predicted octanol–water partition coefficient (Wildman–Crippen LogP) is 3.69. The van der Waals surface area contributed by atoms with E-state index in [9.17, 15) is 0 Å². The van der Waals surface area contributed by atoms with Gasteiger partial charge in [-0.3, -0.25) is 4.98 Å². The van der Waals surface area contributed by atoms with Gasteiger partial charge in [-0.25, -0.2) is 4.98 Å². The van der Waals surface area contributed by atoms with Gasteiger partial charge in [-0.2, -0.15) is 0 Å². The van der Waals surface area contributed by atoms with Crippen LogP contribution in [0.1, 0.15) is 5.56 Å². The molecule has 0 aliphatic carbocycles. The van der Waals surface area contributed by atoms with Crippen LogP contribution in [-0.2, 0) is 5.33 Å². The van der Waals surface area contributed by atoms with Crippen molar-refractivity contribution < 1.29 is 0 Å². The maximum atomic E-state index is 6.02. The van der Waals surface area contributed by atoms with E-state index in [1.807, 2.05) is 24.3 Å². The molecule has 0 spiro atoms. The average Bonchev–Trinajstić information content (AvgIpc) is 2.30. The highest BCUT2D eigenvalue weighted by atomic mass is 79.9. The monoisotopic (exact) mass is 282 g/mol. The number of pyridine rings is 2. The summed E-state index contributed by atoms with van der Waals surface area (Å²) in [7, 11) is 0. The SMILES string of the molecule is Clc1nc(-c2cccnc2)ccc1CBr. The van der Waals surface area contributed by atoms with E-state index in [0.717, 1.165) is 16.8 Å². The van der Waals surface area contributed by atoms with Crippen molar-refractivity contribution in [3.05, 3.63) is 47.4 Å². The minimum atomic E-state index is 0.535. The molecule has 2 aromatic heterocycles. The molecule has 4 heteroatoms. The van der Waals surface area contributed by atoms with Gasteiger partial charge in [-0.15, -0.1) is 0 Å². The molecular formula is C11H8BrClN2. The first kappa shape index (κ1) is 10.6. The van der Waals surface area contributed by atoms with Crippen LogP contribution in [-0.4, -0.2) is 9.97 Å². The molecule has 0 fully saturated rings. The van der Waals surface area contributed by atoms with Crippen LogP contribution < -0.4 is 0 Å². The van der Waals surface area contributed by atoms with Crippen LogP contribution in [0.15, 0.2) is 36.7 Å². The Balaban J connectivity index is 2.43. The molecule has 0 bridgehead atoms. The maximum Gasteiger partial charge on any atom is 0.133 e.